The lowest BCUT2D eigenvalue weighted by atomic mass is 10.0. The molecule has 1 saturated heterocycles. The standard InChI is InChI=1S/C16H20ClN3O3S2/c1-19(25(21,22)11-3-4-11)7-10-8-20(9-10)16-18-14-13(23-2)6-5-12(17)15(14)24-16/h5-6,10-11H,3-4,7-9H2,1-2H3. The molecule has 2 aromatic rings. The summed E-state index contributed by atoms with van der Waals surface area (Å²) in [7, 11) is 0.229. The molecule has 0 N–H and O–H groups in total. The molecule has 1 saturated carbocycles. The van der Waals surface area contributed by atoms with Crippen LogP contribution in [0.25, 0.3) is 10.2 Å². The van der Waals surface area contributed by atoms with Gasteiger partial charge in [0.2, 0.25) is 10.0 Å². The van der Waals surface area contributed by atoms with Crippen LogP contribution in [-0.2, 0) is 10.0 Å². The topological polar surface area (TPSA) is 62.7 Å². The van der Waals surface area contributed by atoms with Crippen molar-refractivity contribution in [3.63, 3.8) is 0 Å². The van der Waals surface area contributed by atoms with Crippen molar-refractivity contribution in [1.82, 2.24) is 9.29 Å². The van der Waals surface area contributed by atoms with E-state index in [0.29, 0.717) is 23.2 Å². The third kappa shape index (κ3) is 3.09. The number of anilines is 1. The molecule has 2 fully saturated rings. The number of benzene rings is 1. The van der Waals surface area contributed by atoms with Crippen LogP contribution in [0.15, 0.2) is 12.1 Å². The fraction of sp³-hybridized carbons (Fsp3) is 0.562. The maximum atomic E-state index is 12.2. The SMILES string of the molecule is COc1ccc(Cl)c2sc(N3CC(CN(C)S(=O)(=O)C4CC4)C3)nc12. The quantitative estimate of drug-likeness (QED) is 0.744. The van der Waals surface area contributed by atoms with E-state index in [2.05, 4.69) is 9.88 Å². The maximum Gasteiger partial charge on any atom is 0.216 e. The second-order valence-corrected chi connectivity index (χ2v) is 10.4. The van der Waals surface area contributed by atoms with Gasteiger partial charge < -0.3 is 9.64 Å². The molecule has 0 bridgehead atoms. The first-order valence-electron chi connectivity index (χ1n) is 8.23. The highest BCUT2D eigenvalue weighted by molar-refractivity contribution is 7.90. The van der Waals surface area contributed by atoms with Gasteiger partial charge >= 0.3 is 0 Å². The molecule has 1 aliphatic carbocycles. The Morgan fingerprint density at radius 1 is 1.40 bits per heavy atom. The van der Waals surface area contributed by atoms with Crippen LogP contribution < -0.4 is 9.64 Å². The molecular formula is C16H20ClN3O3S2. The van der Waals surface area contributed by atoms with Crippen LogP contribution >= 0.6 is 22.9 Å². The average Bonchev–Trinajstić information content (AvgIpc) is 3.31. The van der Waals surface area contributed by atoms with Crippen molar-refractivity contribution in [3.05, 3.63) is 17.2 Å². The van der Waals surface area contributed by atoms with E-state index >= 15 is 0 Å². The lowest BCUT2D eigenvalue weighted by Crippen LogP contribution is -2.52. The highest BCUT2D eigenvalue weighted by atomic mass is 35.5. The summed E-state index contributed by atoms with van der Waals surface area (Å²) in [6, 6.07) is 3.64. The predicted octanol–water partition coefficient (Wildman–Crippen LogP) is 2.82. The molecule has 9 heteroatoms. The summed E-state index contributed by atoms with van der Waals surface area (Å²) in [6.07, 6.45) is 1.61. The molecule has 0 spiro atoms. The lowest BCUT2D eigenvalue weighted by Gasteiger charge is -2.40. The second kappa shape index (κ2) is 6.26. The van der Waals surface area contributed by atoms with E-state index in [1.165, 1.54) is 4.31 Å². The van der Waals surface area contributed by atoms with Crippen LogP contribution in [0.3, 0.4) is 0 Å². The average molecular weight is 402 g/mol. The number of hydrogen-bond acceptors (Lipinski definition) is 6. The number of hydrogen-bond donors (Lipinski definition) is 0. The van der Waals surface area contributed by atoms with E-state index in [-0.39, 0.29) is 5.25 Å². The van der Waals surface area contributed by atoms with E-state index in [1.807, 2.05) is 12.1 Å². The van der Waals surface area contributed by atoms with Gasteiger partial charge in [-0.2, -0.15) is 0 Å². The zero-order valence-corrected chi connectivity index (χ0v) is 16.5. The van der Waals surface area contributed by atoms with Gasteiger partial charge in [0.25, 0.3) is 0 Å². The molecule has 1 aliphatic heterocycles. The molecule has 0 amide bonds. The fourth-order valence-corrected chi connectivity index (χ4v) is 6.10. The normalized spacial score (nSPS) is 18.8. The number of rotatable bonds is 6. The summed E-state index contributed by atoms with van der Waals surface area (Å²) in [4.78, 5) is 6.84. The summed E-state index contributed by atoms with van der Waals surface area (Å²) in [6.45, 7) is 2.19. The Morgan fingerprint density at radius 2 is 2.12 bits per heavy atom. The van der Waals surface area contributed by atoms with Gasteiger partial charge in [-0.15, -0.1) is 0 Å². The minimum atomic E-state index is -3.09. The molecule has 4 rings (SSSR count). The van der Waals surface area contributed by atoms with Crippen LogP contribution in [0, 0.1) is 5.92 Å². The van der Waals surface area contributed by atoms with Crippen molar-refractivity contribution in [2.45, 2.75) is 18.1 Å². The van der Waals surface area contributed by atoms with Gasteiger partial charge in [0, 0.05) is 32.6 Å². The minimum absolute atomic E-state index is 0.146. The summed E-state index contributed by atoms with van der Waals surface area (Å²) in [5.41, 5.74) is 0.784. The monoisotopic (exact) mass is 401 g/mol. The molecule has 6 nitrogen and oxygen atoms in total. The van der Waals surface area contributed by atoms with Crippen LogP contribution in [0.2, 0.25) is 5.02 Å². The van der Waals surface area contributed by atoms with Crippen molar-refractivity contribution in [2.75, 3.05) is 38.7 Å². The Kier molecular flexibility index (Phi) is 4.34. The largest absolute Gasteiger partial charge is 0.494 e. The molecule has 0 atom stereocenters. The molecule has 0 radical (unpaired) electrons. The van der Waals surface area contributed by atoms with Crippen LogP contribution in [0.1, 0.15) is 12.8 Å². The zero-order chi connectivity index (χ0) is 17.8. The number of methoxy groups -OCH3 is 1. The molecule has 136 valence electrons. The molecule has 1 aromatic heterocycles. The maximum absolute atomic E-state index is 12.2. The van der Waals surface area contributed by atoms with Gasteiger partial charge in [-0.25, -0.2) is 17.7 Å². The van der Waals surface area contributed by atoms with Gasteiger partial charge in [0.05, 0.1) is 22.1 Å². The Hall–Kier alpha value is -1.09. The van der Waals surface area contributed by atoms with E-state index in [9.17, 15) is 8.42 Å². The first-order valence-corrected chi connectivity index (χ1v) is 10.9. The van der Waals surface area contributed by atoms with E-state index < -0.39 is 10.0 Å². The molecule has 1 aromatic carbocycles. The number of fused-ring (bicyclic) bond motifs is 1. The Morgan fingerprint density at radius 3 is 2.76 bits per heavy atom. The Bertz CT molecular complexity index is 905. The first kappa shape index (κ1) is 17.3. The lowest BCUT2D eigenvalue weighted by molar-refractivity contribution is 0.327. The first-order chi connectivity index (χ1) is 11.9. The van der Waals surface area contributed by atoms with Crippen LogP contribution in [-0.4, -0.2) is 56.7 Å². The zero-order valence-electron chi connectivity index (χ0n) is 14.1. The number of ether oxygens (including phenoxy) is 1. The highest BCUT2D eigenvalue weighted by Gasteiger charge is 2.40. The Balaban J connectivity index is 1.44. The number of sulfonamides is 1. The van der Waals surface area contributed by atoms with Crippen LogP contribution in [0.4, 0.5) is 5.13 Å². The Labute approximate surface area is 156 Å². The third-order valence-electron chi connectivity index (χ3n) is 4.79. The van der Waals surface area contributed by atoms with Crippen LogP contribution in [0.5, 0.6) is 5.75 Å². The van der Waals surface area contributed by atoms with Gasteiger partial charge in [-0.05, 0) is 25.0 Å². The van der Waals surface area contributed by atoms with Gasteiger partial charge in [-0.1, -0.05) is 22.9 Å². The molecule has 2 aliphatic rings. The summed E-state index contributed by atoms with van der Waals surface area (Å²) in [5, 5.41) is 1.43. The fourth-order valence-electron chi connectivity index (χ4n) is 3.17. The minimum Gasteiger partial charge on any atom is -0.494 e. The number of aromatic nitrogens is 1. The third-order valence-corrected chi connectivity index (χ3v) is 8.70. The summed E-state index contributed by atoms with van der Waals surface area (Å²) in [5.74, 6) is 1.05. The van der Waals surface area contributed by atoms with Crippen molar-refractivity contribution in [1.29, 1.82) is 0 Å². The van der Waals surface area contributed by atoms with Gasteiger partial charge in [-0.3, -0.25) is 0 Å². The molecule has 25 heavy (non-hydrogen) atoms. The second-order valence-electron chi connectivity index (χ2n) is 6.72. The summed E-state index contributed by atoms with van der Waals surface area (Å²) >= 11 is 7.82. The molecular weight excluding hydrogens is 382 g/mol. The molecule has 0 unspecified atom stereocenters. The van der Waals surface area contributed by atoms with Crippen molar-refractivity contribution >= 4 is 48.3 Å². The van der Waals surface area contributed by atoms with E-state index in [4.69, 9.17) is 16.3 Å². The number of nitrogens with zero attached hydrogens (tertiary/aromatic N) is 3. The van der Waals surface area contributed by atoms with E-state index in [1.54, 1.807) is 25.5 Å². The van der Waals surface area contributed by atoms with Crippen molar-refractivity contribution in [2.24, 2.45) is 5.92 Å². The molecule has 2 heterocycles. The smallest absolute Gasteiger partial charge is 0.216 e. The van der Waals surface area contributed by atoms with Gasteiger partial charge in [0.15, 0.2) is 5.13 Å². The number of halogens is 1. The predicted molar refractivity (Wildman–Crippen MR) is 101 cm³/mol. The van der Waals surface area contributed by atoms with E-state index in [0.717, 1.165) is 41.3 Å². The summed E-state index contributed by atoms with van der Waals surface area (Å²) < 4.78 is 32.3. The highest BCUT2D eigenvalue weighted by Crippen LogP contribution is 2.40. The van der Waals surface area contributed by atoms with Gasteiger partial charge in [0.1, 0.15) is 11.3 Å². The number of thiazole rings is 1. The van der Waals surface area contributed by atoms with Crippen molar-refractivity contribution < 1.29 is 13.2 Å². The van der Waals surface area contributed by atoms with Crippen molar-refractivity contribution in [3.8, 4) is 5.75 Å².